The molecule has 2 heterocycles. The Labute approximate surface area is 192 Å². The molecule has 3 aromatic rings. The van der Waals surface area contributed by atoms with Gasteiger partial charge in [-0.25, -0.2) is 9.18 Å². The molecule has 0 spiro atoms. The number of furan rings is 1. The first-order chi connectivity index (χ1) is 15.9. The number of ketones is 1. The fourth-order valence-corrected chi connectivity index (χ4v) is 3.80. The van der Waals surface area contributed by atoms with Crippen LogP contribution >= 0.6 is 11.3 Å². The third-order valence-electron chi connectivity index (χ3n) is 4.40. The molecule has 0 radical (unpaired) electrons. The fraction of sp³-hybridized carbons (Fsp3) is 0.217. The van der Waals surface area contributed by atoms with Crippen molar-refractivity contribution in [3.05, 3.63) is 65.0 Å². The molecule has 0 bridgehead atoms. The highest BCUT2D eigenvalue weighted by Gasteiger charge is 2.24. The van der Waals surface area contributed by atoms with E-state index in [9.17, 15) is 23.6 Å². The summed E-state index contributed by atoms with van der Waals surface area (Å²) in [7, 11) is 0. The highest BCUT2D eigenvalue weighted by atomic mass is 32.1. The first kappa shape index (κ1) is 23.9. The van der Waals surface area contributed by atoms with Gasteiger partial charge in [-0.1, -0.05) is 0 Å². The van der Waals surface area contributed by atoms with Crippen LogP contribution in [-0.2, 0) is 19.1 Å². The largest absolute Gasteiger partial charge is 0.464 e. The van der Waals surface area contributed by atoms with Crippen LogP contribution in [-0.4, -0.2) is 36.8 Å². The maximum atomic E-state index is 12.9. The molecule has 1 N–H and O–H groups in total. The van der Waals surface area contributed by atoms with E-state index in [1.807, 2.05) is 0 Å². The quantitative estimate of drug-likeness (QED) is 0.342. The predicted octanol–water partition coefficient (Wildman–Crippen LogP) is 4.47. The maximum Gasteiger partial charge on any atom is 0.341 e. The highest BCUT2D eigenvalue weighted by Crippen LogP contribution is 2.36. The number of benzene rings is 1. The molecule has 8 nitrogen and oxygen atoms in total. The zero-order valence-corrected chi connectivity index (χ0v) is 18.4. The minimum absolute atomic E-state index is 0.140. The summed E-state index contributed by atoms with van der Waals surface area (Å²) in [6, 6.07) is 8.31. The number of carbonyl (C=O) groups is 4. The van der Waals surface area contributed by atoms with Crippen LogP contribution in [0, 0.1) is 5.82 Å². The van der Waals surface area contributed by atoms with Crippen LogP contribution in [0.2, 0.25) is 0 Å². The average molecular weight is 473 g/mol. The molecule has 0 fully saturated rings. The second kappa shape index (κ2) is 11.2. The van der Waals surface area contributed by atoms with Crippen LogP contribution in [0.3, 0.4) is 0 Å². The number of rotatable bonds is 10. The number of thiophene rings is 1. The third kappa shape index (κ3) is 6.36. The first-order valence-corrected chi connectivity index (χ1v) is 10.8. The number of hydrogen-bond acceptors (Lipinski definition) is 8. The Balaban J connectivity index is 1.55. The maximum absolute atomic E-state index is 12.9. The smallest absolute Gasteiger partial charge is 0.341 e. The number of Topliss-reactive ketones (excluding diaryl/α,β-unsaturated/α-hetero) is 1. The van der Waals surface area contributed by atoms with Crippen LogP contribution in [0.25, 0.3) is 11.3 Å². The molecule has 33 heavy (non-hydrogen) atoms. The number of carbonyl (C=O) groups excluding carboxylic acids is 4. The van der Waals surface area contributed by atoms with Crippen molar-refractivity contribution in [3.63, 3.8) is 0 Å². The lowest BCUT2D eigenvalue weighted by molar-refractivity contribution is -0.147. The lowest BCUT2D eigenvalue weighted by Crippen LogP contribution is -2.22. The van der Waals surface area contributed by atoms with Gasteiger partial charge in [0.2, 0.25) is 0 Å². The van der Waals surface area contributed by atoms with Gasteiger partial charge in [-0.3, -0.25) is 14.4 Å². The SMILES string of the molecule is CCOC(=O)c1c(-c2ccco2)csc1NC(=O)COC(=O)CCC(=O)c1ccc(F)cc1. The van der Waals surface area contributed by atoms with Gasteiger partial charge in [0.25, 0.3) is 5.91 Å². The Morgan fingerprint density at radius 3 is 2.48 bits per heavy atom. The highest BCUT2D eigenvalue weighted by molar-refractivity contribution is 7.15. The molecule has 0 atom stereocenters. The summed E-state index contributed by atoms with van der Waals surface area (Å²) >= 11 is 1.10. The zero-order valence-electron chi connectivity index (χ0n) is 17.6. The minimum Gasteiger partial charge on any atom is -0.464 e. The molecule has 2 aromatic heterocycles. The fourth-order valence-electron chi connectivity index (χ4n) is 2.85. The van der Waals surface area contributed by atoms with Crippen molar-refractivity contribution in [1.82, 2.24) is 0 Å². The summed E-state index contributed by atoms with van der Waals surface area (Å²) in [5.74, 6) is -2.41. The zero-order chi connectivity index (χ0) is 23.8. The van der Waals surface area contributed by atoms with E-state index in [1.165, 1.54) is 18.4 Å². The molecule has 10 heteroatoms. The second-order valence-electron chi connectivity index (χ2n) is 6.69. The van der Waals surface area contributed by atoms with Gasteiger partial charge in [-0.2, -0.15) is 0 Å². The van der Waals surface area contributed by atoms with E-state index in [4.69, 9.17) is 13.9 Å². The monoisotopic (exact) mass is 473 g/mol. The molecule has 0 aliphatic rings. The number of nitrogens with one attached hydrogen (secondary N) is 1. The second-order valence-corrected chi connectivity index (χ2v) is 7.57. The van der Waals surface area contributed by atoms with Crippen molar-refractivity contribution in [2.24, 2.45) is 0 Å². The first-order valence-electron chi connectivity index (χ1n) is 9.95. The Morgan fingerprint density at radius 2 is 1.82 bits per heavy atom. The van der Waals surface area contributed by atoms with Crippen LogP contribution in [0.5, 0.6) is 0 Å². The van der Waals surface area contributed by atoms with Gasteiger partial charge >= 0.3 is 11.9 Å². The molecule has 172 valence electrons. The number of anilines is 1. The minimum atomic E-state index is -0.742. The van der Waals surface area contributed by atoms with Crippen molar-refractivity contribution >= 4 is 40.0 Å². The average Bonchev–Trinajstić information content (AvgIpc) is 3.46. The molecule has 0 unspecified atom stereocenters. The van der Waals surface area contributed by atoms with Gasteiger partial charge < -0.3 is 19.2 Å². The number of halogens is 1. The van der Waals surface area contributed by atoms with Gasteiger partial charge in [-0.15, -0.1) is 11.3 Å². The summed E-state index contributed by atoms with van der Waals surface area (Å²) in [6.07, 6.45) is 1.08. The van der Waals surface area contributed by atoms with Crippen molar-refractivity contribution < 1.29 is 37.5 Å². The lowest BCUT2D eigenvalue weighted by atomic mass is 10.1. The lowest BCUT2D eigenvalue weighted by Gasteiger charge is -2.08. The standard InChI is InChI=1S/C23H20FNO7S/c1-2-30-23(29)21-16(18-4-3-11-31-18)13-33-22(21)25-19(27)12-32-20(28)10-9-17(26)14-5-7-15(24)8-6-14/h3-8,11,13H,2,9-10,12H2,1H3,(H,25,27). The Bertz CT molecular complexity index is 1140. The molecule has 1 amide bonds. The van der Waals surface area contributed by atoms with Crippen LogP contribution in [0.15, 0.2) is 52.5 Å². The van der Waals surface area contributed by atoms with E-state index < -0.39 is 30.3 Å². The predicted molar refractivity (Wildman–Crippen MR) is 118 cm³/mol. The van der Waals surface area contributed by atoms with E-state index in [1.54, 1.807) is 24.4 Å². The molecule has 3 rings (SSSR count). The van der Waals surface area contributed by atoms with E-state index in [0.717, 1.165) is 23.5 Å². The van der Waals surface area contributed by atoms with E-state index in [0.29, 0.717) is 11.3 Å². The summed E-state index contributed by atoms with van der Waals surface area (Å²) in [5.41, 5.74) is 0.884. The molecule has 1 aromatic carbocycles. The van der Waals surface area contributed by atoms with Gasteiger partial charge in [0.05, 0.1) is 19.3 Å². The molecular weight excluding hydrogens is 453 g/mol. The summed E-state index contributed by atoms with van der Waals surface area (Å²) < 4.78 is 28.3. The Kier molecular flexibility index (Phi) is 8.09. The molecule has 0 saturated heterocycles. The van der Waals surface area contributed by atoms with Crippen molar-refractivity contribution in [1.29, 1.82) is 0 Å². The van der Waals surface area contributed by atoms with Crippen molar-refractivity contribution in [2.45, 2.75) is 19.8 Å². The number of hydrogen-bond donors (Lipinski definition) is 1. The Morgan fingerprint density at radius 1 is 1.06 bits per heavy atom. The van der Waals surface area contributed by atoms with Crippen molar-refractivity contribution in [3.8, 4) is 11.3 Å². The van der Waals surface area contributed by atoms with Gasteiger partial charge in [0, 0.05) is 22.9 Å². The van der Waals surface area contributed by atoms with Gasteiger partial charge in [-0.05, 0) is 43.3 Å². The molecule has 0 aliphatic heterocycles. The number of amides is 1. The van der Waals surface area contributed by atoms with Crippen LogP contribution < -0.4 is 5.32 Å². The van der Waals surface area contributed by atoms with Crippen LogP contribution in [0.4, 0.5) is 9.39 Å². The molecule has 0 saturated carbocycles. The van der Waals surface area contributed by atoms with Gasteiger partial charge in [0.1, 0.15) is 22.1 Å². The van der Waals surface area contributed by atoms with Crippen molar-refractivity contribution in [2.75, 3.05) is 18.5 Å². The summed E-state index contributed by atoms with van der Waals surface area (Å²) in [4.78, 5) is 48.7. The number of esters is 2. The van der Waals surface area contributed by atoms with E-state index >= 15 is 0 Å². The number of ether oxygens (including phenoxy) is 2. The molecular formula is C23H20FNO7S. The van der Waals surface area contributed by atoms with Crippen LogP contribution in [0.1, 0.15) is 40.5 Å². The van der Waals surface area contributed by atoms with E-state index in [2.05, 4.69) is 5.32 Å². The Hall–Kier alpha value is -3.79. The third-order valence-corrected chi connectivity index (χ3v) is 5.29. The van der Waals surface area contributed by atoms with E-state index in [-0.39, 0.29) is 41.4 Å². The normalized spacial score (nSPS) is 10.5. The molecule has 0 aliphatic carbocycles. The van der Waals surface area contributed by atoms with Gasteiger partial charge in [0.15, 0.2) is 12.4 Å². The summed E-state index contributed by atoms with van der Waals surface area (Å²) in [5, 5.41) is 4.42. The topological polar surface area (TPSA) is 112 Å². The summed E-state index contributed by atoms with van der Waals surface area (Å²) in [6.45, 7) is 1.21.